The summed E-state index contributed by atoms with van der Waals surface area (Å²) < 4.78 is 26.0. The molecule has 0 radical (unpaired) electrons. The average Bonchev–Trinajstić information content (AvgIpc) is 2.29. The molecule has 2 rings (SSSR count). The van der Waals surface area contributed by atoms with Gasteiger partial charge in [0.1, 0.15) is 5.15 Å². The predicted molar refractivity (Wildman–Crippen MR) is 66.4 cm³/mol. The van der Waals surface area contributed by atoms with Gasteiger partial charge in [-0.25, -0.2) is 13.4 Å². The van der Waals surface area contributed by atoms with Gasteiger partial charge < -0.3 is 0 Å². The molecule has 0 aromatic carbocycles. The van der Waals surface area contributed by atoms with Crippen molar-refractivity contribution in [2.75, 3.05) is 13.1 Å². The van der Waals surface area contributed by atoms with Crippen molar-refractivity contribution in [2.24, 2.45) is 0 Å². The van der Waals surface area contributed by atoms with E-state index in [1.165, 1.54) is 28.2 Å². The van der Waals surface area contributed by atoms with Crippen molar-refractivity contribution in [1.29, 1.82) is 0 Å². The van der Waals surface area contributed by atoms with E-state index >= 15 is 0 Å². The summed E-state index contributed by atoms with van der Waals surface area (Å²) in [6.45, 7) is 2.95. The van der Waals surface area contributed by atoms with E-state index in [9.17, 15) is 8.42 Å². The van der Waals surface area contributed by atoms with E-state index in [1.807, 2.05) is 13.0 Å². The van der Waals surface area contributed by atoms with Crippen LogP contribution in [0.1, 0.15) is 13.3 Å². The fourth-order valence-electron chi connectivity index (χ4n) is 1.66. The number of hydrogen-bond donors (Lipinski definition) is 0. The summed E-state index contributed by atoms with van der Waals surface area (Å²) in [6.07, 6.45) is 4.11. The predicted octanol–water partition coefficient (Wildman–Crippen LogP) is 2.08. The molecule has 92 valence electrons. The molecule has 4 nitrogen and oxygen atoms in total. The van der Waals surface area contributed by atoms with Crippen molar-refractivity contribution >= 4 is 21.6 Å². The van der Waals surface area contributed by atoms with Gasteiger partial charge >= 0.3 is 0 Å². The summed E-state index contributed by atoms with van der Waals surface area (Å²) in [6, 6.07) is 2.84. The Balaban J connectivity index is 2.31. The molecule has 1 aliphatic heterocycles. The van der Waals surface area contributed by atoms with Crippen LogP contribution in [-0.4, -0.2) is 30.8 Å². The van der Waals surface area contributed by atoms with Crippen LogP contribution in [0.25, 0.3) is 0 Å². The topological polar surface area (TPSA) is 50.3 Å². The molecule has 0 bridgehead atoms. The second kappa shape index (κ2) is 4.76. The third-order valence-electron chi connectivity index (χ3n) is 2.73. The number of sulfonamides is 1. The van der Waals surface area contributed by atoms with Crippen molar-refractivity contribution in [3.8, 4) is 0 Å². The highest BCUT2D eigenvalue weighted by Crippen LogP contribution is 2.21. The Morgan fingerprint density at radius 2 is 2.24 bits per heavy atom. The Bertz CT molecular complexity index is 554. The van der Waals surface area contributed by atoms with Crippen LogP contribution < -0.4 is 0 Å². The normalized spacial score (nSPS) is 17.9. The van der Waals surface area contributed by atoms with Gasteiger partial charge in [0.15, 0.2) is 0 Å². The van der Waals surface area contributed by atoms with E-state index in [0.29, 0.717) is 13.1 Å². The Hall–Kier alpha value is -0.910. The van der Waals surface area contributed by atoms with Crippen LogP contribution in [-0.2, 0) is 10.0 Å². The van der Waals surface area contributed by atoms with E-state index in [4.69, 9.17) is 11.6 Å². The van der Waals surface area contributed by atoms with E-state index < -0.39 is 10.0 Å². The van der Waals surface area contributed by atoms with Crippen LogP contribution in [0.5, 0.6) is 0 Å². The molecule has 0 atom stereocenters. The van der Waals surface area contributed by atoms with Crippen molar-refractivity contribution in [3.05, 3.63) is 35.1 Å². The Morgan fingerprint density at radius 3 is 2.82 bits per heavy atom. The lowest BCUT2D eigenvalue weighted by Gasteiger charge is -2.24. The van der Waals surface area contributed by atoms with Gasteiger partial charge in [-0.2, -0.15) is 4.31 Å². The second-order valence-corrected chi connectivity index (χ2v) is 6.30. The zero-order valence-electron chi connectivity index (χ0n) is 9.43. The van der Waals surface area contributed by atoms with E-state index in [1.54, 1.807) is 0 Å². The number of halogens is 1. The number of nitrogens with zero attached hydrogens (tertiary/aromatic N) is 2. The zero-order valence-corrected chi connectivity index (χ0v) is 11.0. The Labute approximate surface area is 106 Å². The number of pyridine rings is 1. The van der Waals surface area contributed by atoms with Gasteiger partial charge in [-0.15, -0.1) is 0 Å². The monoisotopic (exact) mass is 272 g/mol. The molecule has 0 amide bonds. The van der Waals surface area contributed by atoms with Crippen LogP contribution in [0.3, 0.4) is 0 Å². The smallest absolute Gasteiger partial charge is 0.243 e. The Kier molecular flexibility index (Phi) is 3.51. The molecule has 0 aliphatic carbocycles. The van der Waals surface area contributed by atoms with Gasteiger partial charge in [-0.05, 0) is 25.5 Å². The van der Waals surface area contributed by atoms with Crippen molar-refractivity contribution in [2.45, 2.75) is 18.2 Å². The largest absolute Gasteiger partial charge is 0.244 e. The quantitative estimate of drug-likeness (QED) is 0.612. The fourth-order valence-corrected chi connectivity index (χ4v) is 3.30. The first-order valence-corrected chi connectivity index (χ1v) is 7.09. The molecule has 0 saturated heterocycles. The lowest BCUT2D eigenvalue weighted by Crippen LogP contribution is -2.34. The van der Waals surface area contributed by atoms with E-state index in [0.717, 1.165) is 6.42 Å². The first kappa shape index (κ1) is 12.5. The summed E-state index contributed by atoms with van der Waals surface area (Å²) in [4.78, 5) is 3.98. The minimum Gasteiger partial charge on any atom is -0.244 e. The lowest BCUT2D eigenvalue weighted by molar-refractivity contribution is 0.431. The van der Waals surface area contributed by atoms with Crippen LogP contribution in [0.2, 0.25) is 5.15 Å². The molecular weight excluding hydrogens is 260 g/mol. The maximum Gasteiger partial charge on any atom is 0.243 e. The molecule has 0 fully saturated rings. The minimum atomic E-state index is -3.44. The van der Waals surface area contributed by atoms with E-state index in [2.05, 4.69) is 4.98 Å². The lowest BCUT2D eigenvalue weighted by atomic mass is 10.1. The fraction of sp³-hybridized carbons (Fsp3) is 0.364. The summed E-state index contributed by atoms with van der Waals surface area (Å²) in [5, 5.41) is 0.190. The molecule has 1 aromatic rings. The van der Waals surface area contributed by atoms with Crippen LogP contribution in [0.4, 0.5) is 0 Å². The molecular formula is C11H13ClN2O2S. The first-order valence-electron chi connectivity index (χ1n) is 5.27. The SMILES string of the molecule is CC1=CCN(S(=O)(=O)c2ccnc(Cl)c2)CC1. The van der Waals surface area contributed by atoms with Crippen LogP contribution >= 0.6 is 11.6 Å². The van der Waals surface area contributed by atoms with Gasteiger partial charge in [-0.3, -0.25) is 0 Å². The third-order valence-corrected chi connectivity index (χ3v) is 4.80. The zero-order chi connectivity index (χ0) is 12.5. The summed E-state index contributed by atoms with van der Waals surface area (Å²) in [5.41, 5.74) is 1.23. The molecule has 1 aliphatic rings. The maximum absolute atomic E-state index is 12.3. The van der Waals surface area contributed by atoms with Gasteiger partial charge in [0, 0.05) is 19.3 Å². The van der Waals surface area contributed by atoms with E-state index in [-0.39, 0.29) is 10.0 Å². The molecule has 0 saturated carbocycles. The minimum absolute atomic E-state index is 0.190. The molecule has 0 unspecified atom stereocenters. The number of aromatic nitrogens is 1. The van der Waals surface area contributed by atoms with Gasteiger partial charge in [0.05, 0.1) is 4.90 Å². The summed E-state index contributed by atoms with van der Waals surface area (Å²) in [5.74, 6) is 0. The van der Waals surface area contributed by atoms with Crippen molar-refractivity contribution in [3.63, 3.8) is 0 Å². The highest BCUT2D eigenvalue weighted by atomic mass is 35.5. The van der Waals surface area contributed by atoms with Crippen LogP contribution in [0.15, 0.2) is 34.9 Å². The van der Waals surface area contributed by atoms with Crippen LogP contribution in [0, 0.1) is 0 Å². The number of hydrogen-bond acceptors (Lipinski definition) is 3. The summed E-state index contributed by atoms with van der Waals surface area (Å²) in [7, 11) is -3.44. The molecule has 2 heterocycles. The standard InChI is InChI=1S/C11H13ClN2O2S/c1-9-3-6-14(7-4-9)17(15,16)10-2-5-13-11(12)8-10/h2-3,5,8H,4,6-7H2,1H3. The highest BCUT2D eigenvalue weighted by molar-refractivity contribution is 7.89. The Morgan fingerprint density at radius 1 is 1.47 bits per heavy atom. The van der Waals surface area contributed by atoms with Crippen molar-refractivity contribution in [1.82, 2.24) is 9.29 Å². The number of rotatable bonds is 2. The third kappa shape index (κ3) is 2.68. The second-order valence-electron chi connectivity index (χ2n) is 3.98. The maximum atomic E-state index is 12.3. The average molecular weight is 273 g/mol. The van der Waals surface area contributed by atoms with Gasteiger partial charge in [0.2, 0.25) is 10.0 Å². The molecule has 0 spiro atoms. The van der Waals surface area contributed by atoms with Gasteiger partial charge in [0.25, 0.3) is 0 Å². The molecule has 6 heteroatoms. The highest BCUT2D eigenvalue weighted by Gasteiger charge is 2.25. The first-order chi connectivity index (χ1) is 8.00. The summed E-state index contributed by atoms with van der Waals surface area (Å²) >= 11 is 5.71. The van der Waals surface area contributed by atoms with Gasteiger partial charge in [-0.1, -0.05) is 23.3 Å². The molecule has 17 heavy (non-hydrogen) atoms. The van der Waals surface area contributed by atoms with Crippen molar-refractivity contribution < 1.29 is 8.42 Å². The molecule has 0 N–H and O–H groups in total. The molecule has 1 aromatic heterocycles.